The summed E-state index contributed by atoms with van der Waals surface area (Å²) < 4.78 is 30.6. The quantitative estimate of drug-likeness (QED) is 0.438. The molecule has 4 aromatic rings. The van der Waals surface area contributed by atoms with E-state index in [1.807, 2.05) is 0 Å². The minimum Gasteiger partial charge on any atom is -0.493 e. The molecule has 0 aliphatic carbocycles. The van der Waals surface area contributed by atoms with Crippen LogP contribution in [0.5, 0.6) is 17.2 Å². The maximum absolute atomic E-state index is 13.1. The molecule has 10 heteroatoms. The highest BCUT2D eigenvalue weighted by atomic mass is 32.1. The first-order valence-electron chi connectivity index (χ1n) is 9.42. The SMILES string of the molecule is COc1cc(C=c2sc3nc(=O)c(Cc4ccc(F)cc4)nn3c2=O)cc(OC)c1OC. The van der Waals surface area contributed by atoms with Crippen LogP contribution in [0.1, 0.15) is 16.8 Å². The van der Waals surface area contributed by atoms with Crippen LogP contribution in [0.15, 0.2) is 46.0 Å². The van der Waals surface area contributed by atoms with Gasteiger partial charge in [0.05, 0.1) is 25.9 Å². The number of fused-ring (bicyclic) bond motifs is 1. The zero-order valence-electron chi connectivity index (χ0n) is 17.4. The minimum absolute atomic E-state index is 0.100. The van der Waals surface area contributed by atoms with E-state index in [2.05, 4.69) is 10.1 Å². The largest absolute Gasteiger partial charge is 0.493 e. The lowest BCUT2D eigenvalue weighted by Gasteiger charge is -2.12. The highest BCUT2D eigenvalue weighted by molar-refractivity contribution is 7.15. The third-order valence-corrected chi connectivity index (χ3v) is 5.68. The molecule has 0 saturated carbocycles. The summed E-state index contributed by atoms with van der Waals surface area (Å²) in [6.07, 6.45) is 1.77. The molecule has 0 atom stereocenters. The van der Waals surface area contributed by atoms with E-state index in [4.69, 9.17) is 14.2 Å². The van der Waals surface area contributed by atoms with Gasteiger partial charge in [-0.3, -0.25) is 9.59 Å². The molecule has 0 bridgehead atoms. The molecule has 0 saturated heterocycles. The van der Waals surface area contributed by atoms with Crippen molar-refractivity contribution in [2.24, 2.45) is 0 Å². The number of methoxy groups -OCH3 is 3. The monoisotopic (exact) mass is 455 g/mol. The molecule has 0 spiro atoms. The fourth-order valence-corrected chi connectivity index (χ4v) is 4.09. The summed E-state index contributed by atoms with van der Waals surface area (Å²) in [5.74, 6) is 0.946. The van der Waals surface area contributed by atoms with Gasteiger partial charge in [-0.05, 0) is 41.5 Å². The molecule has 0 amide bonds. The molecule has 0 N–H and O–H groups in total. The van der Waals surface area contributed by atoms with Crippen LogP contribution < -0.4 is 29.9 Å². The molecule has 0 aliphatic heterocycles. The third kappa shape index (κ3) is 4.04. The fourth-order valence-electron chi connectivity index (χ4n) is 3.18. The Balaban J connectivity index is 1.80. The molecule has 32 heavy (non-hydrogen) atoms. The van der Waals surface area contributed by atoms with E-state index in [9.17, 15) is 14.0 Å². The second-order valence-electron chi connectivity index (χ2n) is 6.74. The number of ether oxygens (including phenoxy) is 3. The summed E-state index contributed by atoms with van der Waals surface area (Å²) in [5.41, 5.74) is 0.479. The number of halogens is 1. The number of nitrogens with zero attached hydrogens (tertiary/aromatic N) is 3. The van der Waals surface area contributed by atoms with Gasteiger partial charge in [-0.1, -0.05) is 23.5 Å². The van der Waals surface area contributed by atoms with Crippen molar-refractivity contribution in [1.29, 1.82) is 0 Å². The zero-order valence-corrected chi connectivity index (χ0v) is 18.2. The van der Waals surface area contributed by atoms with Crippen LogP contribution in [-0.4, -0.2) is 35.9 Å². The molecule has 8 nitrogen and oxygen atoms in total. The third-order valence-electron chi connectivity index (χ3n) is 4.72. The molecule has 0 unspecified atom stereocenters. The highest BCUT2D eigenvalue weighted by Gasteiger charge is 2.14. The summed E-state index contributed by atoms with van der Waals surface area (Å²) in [4.78, 5) is 29.5. The number of benzene rings is 2. The van der Waals surface area contributed by atoms with Crippen molar-refractivity contribution in [2.45, 2.75) is 6.42 Å². The van der Waals surface area contributed by atoms with Gasteiger partial charge in [0.2, 0.25) is 10.7 Å². The number of hydrogen-bond acceptors (Lipinski definition) is 8. The average Bonchev–Trinajstić information content (AvgIpc) is 3.08. The standard InChI is InChI=1S/C22H18FN3O5S/c1-29-16-9-13(10-17(30-2)19(16)31-3)11-18-21(28)26-22(32-18)24-20(27)15(25-26)8-12-4-6-14(23)7-5-12/h4-7,9-11H,8H2,1-3H3. The Morgan fingerprint density at radius 3 is 2.28 bits per heavy atom. The molecule has 0 radical (unpaired) electrons. The van der Waals surface area contributed by atoms with Gasteiger partial charge in [0.15, 0.2) is 11.5 Å². The molecule has 2 aromatic heterocycles. The van der Waals surface area contributed by atoms with E-state index in [0.717, 1.165) is 15.9 Å². The van der Waals surface area contributed by atoms with Crippen LogP contribution in [0.25, 0.3) is 11.0 Å². The lowest BCUT2D eigenvalue weighted by Crippen LogP contribution is -2.28. The van der Waals surface area contributed by atoms with Gasteiger partial charge in [-0.2, -0.15) is 14.6 Å². The highest BCUT2D eigenvalue weighted by Crippen LogP contribution is 2.38. The zero-order chi connectivity index (χ0) is 22.8. The lowest BCUT2D eigenvalue weighted by atomic mass is 10.1. The fraction of sp³-hybridized carbons (Fsp3) is 0.182. The van der Waals surface area contributed by atoms with Crippen molar-refractivity contribution in [3.63, 3.8) is 0 Å². The normalized spacial score (nSPS) is 11.7. The van der Waals surface area contributed by atoms with Crippen LogP contribution >= 0.6 is 11.3 Å². The average molecular weight is 455 g/mol. The van der Waals surface area contributed by atoms with Crippen molar-refractivity contribution < 1.29 is 18.6 Å². The van der Waals surface area contributed by atoms with Gasteiger partial charge in [0.1, 0.15) is 11.5 Å². The predicted molar refractivity (Wildman–Crippen MR) is 117 cm³/mol. The van der Waals surface area contributed by atoms with Crippen molar-refractivity contribution >= 4 is 22.4 Å². The first kappa shape index (κ1) is 21.4. The molecule has 164 valence electrons. The molecule has 0 aliphatic rings. The summed E-state index contributed by atoms with van der Waals surface area (Å²) in [7, 11) is 4.51. The topological polar surface area (TPSA) is 92.0 Å². The Labute approximate surface area is 185 Å². The van der Waals surface area contributed by atoms with E-state index in [1.54, 1.807) is 30.3 Å². The summed E-state index contributed by atoms with van der Waals surface area (Å²) >= 11 is 1.05. The maximum Gasteiger partial charge on any atom is 0.296 e. The van der Waals surface area contributed by atoms with Crippen LogP contribution in [0, 0.1) is 5.82 Å². The molecule has 2 aromatic carbocycles. The van der Waals surface area contributed by atoms with Gasteiger partial charge >= 0.3 is 0 Å². The van der Waals surface area contributed by atoms with Crippen molar-refractivity contribution in [3.05, 3.63) is 84.3 Å². The number of rotatable bonds is 6. The number of hydrogen-bond donors (Lipinski definition) is 0. The molecular weight excluding hydrogens is 437 g/mol. The Morgan fingerprint density at radius 2 is 1.69 bits per heavy atom. The molecule has 0 fully saturated rings. The molecule has 2 heterocycles. The van der Waals surface area contributed by atoms with E-state index in [-0.39, 0.29) is 22.9 Å². The van der Waals surface area contributed by atoms with E-state index in [0.29, 0.717) is 32.9 Å². The molecule has 4 rings (SSSR count). The first-order valence-corrected chi connectivity index (χ1v) is 10.2. The van der Waals surface area contributed by atoms with Gasteiger partial charge < -0.3 is 14.2 Å². The van der Waals surface area contributed by atoms with Gasteiger partial charge in [-0.25, -0.2) is 4.39 Å². The Hall–Kier alpha value is -3.79. The number of thiazole rings is 1. The van der Waals surface area contributed by atoms with E-state index >= 15 is 0 Å². The van der Waals surface area contributed by atoms with E-state index < -0.39 is 11.1 Å². The predicted octanol–water partition coefficient (Wildman–Crippen LogP) is 1.81. The molecular formula is C22H18FN3O5S. The minimum atomic E-state index is -0.532. The lowest BCUT2D eigenvalue weighted by molar-refractivity contribution is 0.324. The van der Waals surface area contributed by atoms with Crippen molar-refractivity contribution in [3.8, 4) is 17.2 Å². The second-order valence-corrected chi connectivity index (χ2v) is 7.74. The summed E-state index contributed by atoms with van der Waals surface area (Å²) in [5, 5.41) is 4.21. The van der Waals surface area contributed by atoms with Gasteiger partial charge in [0.25, 0.3) is 11.1 Å². The van der Waals surface area contributed by atoms with Crippen molar-refractivity contribution in [1.82, 2.24) is 14.6 Å². The van der Waals surface area contributed by atoms with Crippen LogP contribution in [0.4, 0.5) is 4.39 Å². The Bertz CT molecular complexity index is 1440. The maximum atomic E-state index is 13.1. The summed E-state index contributed by atoms with van der Waals surface area (Å²) in [6.45, 7) is 0. The summed E-state index contributed by atoms with van der Waals surface area (Å²) in [6, 6.07) is 9.12. The Morgan fingerprint density at radius 1 is 1.03 bits per heavy atom. The Kier molecular flexibility index (Phi) is 5.87. The van der Waals surface area contributed by atoms with Crippen LogP contribution in [0.3, 0.4) is 0 Å². The van der Waals surface area contributed by atoms with Gasteiger partial charge in [0, 0.05) is 6.42 Å². The number of aromatic nitrogens is 3. The smallest absolute Gasteiger partial charge is 0.296 e. The van der Waals surface area contributed by atoms with Crippen LogP contribution in [0.2, 0.25) is 0 Å². The first-order chi connectivity index (χ1) is 15.4. The van der Waals surface area contributed by atoms with Crippen molar-refractivity contribution in [2.75, 3.05) is 21.3 Å². The van der Waals surface area contributed by atoms with Gasteiger partial charge in [-0.15, -0.1) is 0 Å². The van der Waals surface area contributed by atoms with Crippen LogP contribution in [-0.2, 0) is 6.42 Å². The second kappa shape index (κ2) is 8.75. The van der Waals surface area contributed by atoms with E-state index in [1.165, 1.54) is 33.5 Å².